The van der Waals surface area contributed by atoms with Crippen LogP contribution in [-0.4, -0.2) is 33.5 Å². The fourth-order valence-electron chi connectivity index (χ4n) is 1.91. The number of hydrogen-bond donors (Lipinski definition) is 3. The molecule has 0 radical (unpaired) electrons. The highest BCUT2D eigenvalue weighted by Gasteiger charge is 2.21. The maximum Gasteiger partial charge on any atom is 0.194 e. The third kappa shape index (κ3) is 3.89. The van der Waals surface area contributed by atoms with Crippen molar-refractivity contribution < 1.29 is 0 Å². The summed E-state index contributed by atoms with van der Waals surface area (Å²) in [5.74, 6) is -0.0206. The zero-order valence-corrected chi connectivity index (χ0v) is 11.6. The van der Waals surface area contributed by atoms with Gasteiger partial charge in [-0.25, -0.2) is 0 Å². The van der Waals surface area contributed by atoms with Crippen LogP contribution in [0.3, 0.4) is 0 Å². The van der Waals surface area contributed by atoms with E-state index in [4.69, 9.17) is 23.4 Å². The summed E-state index contributed by atoms with van der Waals surface area (Å²) >= 11 is 5.32. The van der Waals surface area contributed by atoms with Crippen molar-refractivity contribution in [3.63, 3.8) is 0 Å². The Bertz CT molecular complexity index is 444. The van der Waals surface area contributed by atoms with Gasteiger partial charge in [0.15, 0.2) is 11.1 Å². The molecular weight excluding hydrogens is 258 g/mol. The maximum atomic E-state index is 7.62. The predicted octanol–water partition coefficient (Wildman–Crippen LogP) is 1.25. The van der Waals surface area contributed by atoms with Gasteiger partial charge in [-0.3, -0.25) is 15.3 Å². The van der Waals surface area contributed by atoms with E-state index in [2.05, 4.69) is 10.3 Å². The Morgan fingerprint density at radius 3 is 2.84 bits per heavy atom. The van der Waals surface area contributed by atoms with Crippen LogP contribution < -0.4 is 11.1 Å². The van der Waals surface area contributed by atoms with Crippen LogP contribution in [-0.2, 0) is 6.42 Å². The molecule has 0 atom stereocenters. The minimum Gasteiger partial charge on any atom is -0.370 e. The van der Waals surface area contributed by atoms with Gasteiger partial charge in [0.05, 0.1) is 0 Å². The summed E-state index contributed by atoms with van der Waals surface area (Å²) < 4.78 is 0. The molecule has 0 aliphatic heterocycles. The first-order valence-corrected chi connectivity index (χ1v) is 6.89. The summed E-state index contributed by atoms with van der Waals surface area (Å²) in [4.78, 5) is 5.88. The highest BCUT2D eigenvalue weighted by Crippen LogP contribution is 2.18. The maximum absolute atomic E-state index is 7.62. The Morgan fingerprint density at radius 1 is 1.53 bits per heavy atom. The van der Waals surface area contributed by atoms with Crippen LogP contribution in [0.4, 0.5) is 0 Å². The van der Waals surface area contributed by atoms with Gasteiger partial charge in [0.1, 0.15) is 0 Å². The molecular formula is C13H19N5S. The lowest BCUT2D eigenvalue weighted by atomic mass is 9.93. The molecule has 0 saturated heterocycles. The molecule has 0 unspecified atom stereocenters. The molecule has 2 rings (SSSR count). The van der Waals surface area contributed by atoms with E-state index >= 15 is 0 Å². The van der Waals surface area contributed by atoms with Gasteiger partial charge in [-0.2, -0.15) is 0 Å². The monoisotopic (exact) mass is 277 g/mol. The van der Waals surface area contributed by atoms with E-state index < -0.39 is 0 Å². The summed E-state index contributed by atoms with van der Waals surface area (Å²) in [5.41, 5.74) is 6.57. The fraction of sp³-hybridized carbons (Fsp3) is 0.462. The first-order valence-electron chi connectivity index (χ1n) is 6.49. The van der Waals surface area contributed by atoms with Crippen molar-refractivity contribution in [3.05, 3.63) is 30.1 Å². The lowest BCUT2D eigenvalue weighted by Crippen LogP contribution is -2.51. The number of nitrogens with one attached hydrogen (secondary N) is 2. The molecule has 6 heteroatoms. The fourth-order valence-corrected chi connectivity index (χ4v) is 2.27. The Balaban J connectivity index is 1.88. The van der Waals surface area contributed by atoms with Crippen LogP contribution in [0.2, 0.25) is 0 Å². The minimum atomic E-state index is -0.0206. The summed E-state index contributed by atoms with van der Waals surface area (Å²) in [6.45, 7) is 0.574. The molecule has 1 aliphatic rings. The normalized spacial score (nSPS) is 14.5. The van der Waals surface area contributed by atoms with Crippen molar-refractivity contribution >= 4 is 23.3 Å². The van der Waals surface area contributed by atoms with Crippen molar-refractivity contribution in [2.45, 2.75) is 31.7 Å². The van der Waals surface area contributed by atoms with Crippen LogP contribution in [0, 0.1) is 5.41 Å². The summed E-state index contributed by atoms with van der Waals surface area (Å²) in [6.07, 6.45) is 6.01. The molecule has 0 bridgehead atoms. The van der Waals surface area contributed by atoms with Crippen molar-refractivity contribution in [3.8, 4) is 0 Å². The molecule has 19 heavy (non-hydrogen) atoms. The molecule has 1 heterocycles. The van der Waals surface area contributed by atoms with Gasteiger partial charge in [-0.05, 0) is 43.6 Å². The predicted molar refractivity (Wildman–Crippen MR) is 79.9 cm³/mol. The van der Waals surface area contributed by atoms with Gasteiger partial charge in [-0.15, -0.1) is 0 Å². The summed E-state index contributed by atoms with van der Waals surface area (Å²) in [5, 5.41) is 11.4. The molecule has 102 valence electrons. The molecule has 5 nitrogen and oxygen atoms in total. The Kier molecular flexibility index (Phi) is 4.68. The first kappa shape index (κ1) is 13.7. The molecule has 1 fully saturated rings. The molecule has 1 aromatic rings. The Labute approximate surface area is 118 Å². The Morgan fingerprint density at radius 2 is 2.32 bits per heavy atom. The molecule has 1 aliphatic carbocycles. The van der Waals surface area contributed by atoms with Gasteiger partial charge in [0.2, 0.25) is 0 Å². The van der Waals surface area contributed by atoms with Crippen LogP contribution >= 0.6 is 12.2 Å². The van der Waals surface area contributed by atoms with Crippen molar-refractivity contribution in [2.24, 2.45) is 5.73 Å². The van der Waals surface area contributed by atoms with E-state index in [0.29, 0.717) is 24.1 Å². The molecule has 0 spiro atoms. The van der Waals surface area contributed by atoms with E-state index in [-0.39, 0.29) is 5.96 Å². The second-order valence-corrected chi connectivity index (χ2v) is 5.07. The smallest absolute Gasteiger partial charge is 0.194 e. The average molecular weight is 277 g/mol. The van der Waals surface area contributed by atoms with Gasteiger partial charge in [-0.1, -0.05) is 6.07 Å². The second-order valence-electron chi connectivity index (χ2n) is 4.69. The SMILES string of the molecule is N=C(N)N(CCc1ccccn1)C(=S)NC1CCC1. The molecule has 4 N–H and O–H groups in total. The zero-order valence-electron chi connectivity index (χ0n) is 10.8. The lowest BCUT2D eigenvalue weighted by molar-refractivity contribution is 0.374. The largest absolute Gasteiger partial charge is 0.370 e. The first-order chi connectivity index (χ1) is 9.16. The van der Waals surface area contributed by atoms with Gasteiger partial charge in [0.25, 0.3) is 0 Å². The number of guanidine groups is 1. The van der Waals surface area contributed by atoms with E-state index in [0.717, 1.165) is 18.5 Å². The van der Waals surface area contributed by atoms with Crippen LogP contribution in [0.25, 0.3) is 0 Å². The number of aromatic nitrogens is 1. The Hall–Kier alpha value is -1.69. The van der Waals surface area contributed by atoms with Crippen molar-refractivity contribution in [1.29, 1.82) is 5.41 Å². The van der Waals surface area contributed by atoms with E-state index in [1.165, 1.54) is 6.42 Å². The number of hydrogen-bond acceptors (Lipinski definition) is 3. The molecule has 1 aromatic heterocycles. The van der Waals surface area contributed by atoms with E-state index in [9.17, 15) is 0 Å². The lowest BCUT2D eigenvalue weighted by Gasteiger charge is -2.32. The van der Waals surface area contributed by atoms with E-state index in [1.807, 2.05) is 18.2 Å². The zero-order chi connectivity index (χ0) is 13.7. The van der Waals surface area contributed by atoms with Gasteiger partial charge in [0, 0.05) is 30.9 Å². The van der Waals surface area contributed by atoms with E-state index in [1.54, 1.807) is 11.1 Å². The van der Waals surface area contributed by atoms with Crippen LogP contribution in [0.5, 0.6) is 0 Å². The second kappa shape index (κ2) is 6.47. The third-order valence-electron chi connectivity index (χ3n) is 3.29. The van der Waals surface area contributed by atoms with Gasteiger partial charge >= 0.3 is 0 Å². The van der Waals surface area contributed by atoms with Crippen LogP contribution in [0.1, 0.15) is 25.0 Å². The minimum absolute atomic E-state index is 0.0206. The number of thiocarbonyl (C=S) groups is 1. The number of nitrogens with two attached hydrogens (primary N) is 1. The van der Waals surface area contributed by atoms with Gasteiger partial charge < -0.3 is 11.1 Å². The van der Waals surface area contributed by atoms with Crippen molar-refractivity contribution in [1.82, 2.24) is 15.2 Å². The average Bonchev–Trinajstić information content (AvgIpc) is 2.35. The molecule has 0 amide bonds. The summed E-state index contributed by atoms with van der Waals surface area (Å²) in [6, 6.07) is 6.24. The number of rotatable bonds is 4. The summed E-state index contributed by atoms with van der Waals surface area (Å²) in [7, 11) is 0. The quantitative estimate of drug-likeness (QED) is 0.438. The van der Waals surface area contributed by atoms with Crippen LogP contribution in [0.15, 0.2) is 24.4 Å². The highest BCUT2D eigenvalue weighted by atomic mass is 32.1. The topological polar surface area (TPSA) is 78.0 Å². The molecule has 1 saturated carbocycles. The number of pyridine rings is 1. The number of nitrogens with zero attached hydrogens (tertiary/aromatic N) is 2. The standard InChI is InChI=1S/C13H19N5S/c14-12(15)18(13(19)17-11-5-3-6-11)9-7-10-4-1-2-8-16-10/h1-2,4,8,11H,3,5-7,9H2,(H3,14,15)(H,17,19). The molecule has 0 aromatic carbocycles. The third-order valence-corrected chi connectivity index (χ3v) is 3.62. The highest BCUT2D eigenvalue weighted by molar-refractivity contribution is 7.80. The van der Waals surface area contributed by atoms with Crippen molar-refractivity contribution in [2.75, 3.05) is 6.54 Å².